The summed E-state index contributed by atoms with van der Waals surface area (Å²) in [4.78, 5) is 0. The van der Waals surface area contributed by atoms with E-state index in [9.17, 15) is 10.2 Å². The number of hydrogen-bond donors (Lipinski definition) is 2. The summed E-state index contributed by atoms with van der Waals surface area (Å²) in [6.07, 6.45) is 12.8. The van der Waals surface area contributed by atoms with Gasteiger partial charge in [-0.2, -0.15) is 0 Å². The lowest BCUT2D eigenvalue weighted by Crippen LogP contribution is -2.34. The third kappa shape index (κ3) is 11.8. The van der Waals surface area contributed by atoms with Gasteiger partial charge in [-0.3, -0.25) is 0 Å². The summed E-state index contributed by atoms with van der Waals surface area (Å²) in [5, 5.41) is 21.1. The number of benzene rings is 1. The van der Waals surface area contributed by atoms with Gasteiger partial charge in [-0.1, -0.05) is 82.6 Å². The van der Waals surface area contributed by atoms with Gasteiger partial charge in [-0.15, -0.1) is 0 Å². The Balaban J connectivity index is 0.000000237. The van der Waals surface area contributed by atoms with Gasteiger partial charge in [0.1, 0.15) is 30.2 Å². The Morgan fingerprint density at radius 3 is 2.06 bits per heavy atom. The van der Waals surface area contributed by atoms with Crippen LogP contribution in [0.2, 0.25) is 0 Å². The van der Waals surface area contributed by atoms with Crippen LogP contribution >= 0.6 is 0 Å². The molecule has 5 rings (SSSR count). The molecule has 0 radical (unpaired) electrons. The molecule has 8 nitrogen and oxygen atoms in total. The molecule has 0 aromatic heterocycles. The van der Waals surface area contributed by atoms with Crippen molar-refractivity contribution in [3.8, 4) is 17.6 Å². The SMILES string of the molecule is CCCC1OC(C)(C)OC1C(O)/C=C\[C@H]1CCC[C@@H]1OCc1ccc(OC)cc1.CCCC1OC(C)(C)OC1C(O)C#C[C@H]1CCC[C@@H]1C. The molecule has 0 bridgehead atoms. The van der Waals surface area contributed by atoms with Gasteiger partial charge in [0.05, 0.1) is 32.0 Å². The average Bonchev–Trinajstić information content (AvgIpc) is 3.84. The summed E-state index contributed by atoms with van der Waals surface area (Å²) < 4.78 is 35.1. The van der Waals surface area contributed by atoms with E-state index in [4.69, 9.17) is 28.4 Å². The minimum absolute atomic E-state index is 0.0553. The molecule has 1 aromatic carbocycles. The highest BCUT2D eigenvalue weighted by Crippen LogP contribution is 2.35. The maximum absolute atomic E-state index is 10.7. The molecular weight excluding hydrogens is 620 g/mol. The van der Waals surface area contributed by atoms with Crippen LogP contribution in [0, 0.1) is 29.6 Å². The zero-order chi connectivity index (χ0) is 35.6. The van der Waals surface area contributed by atoms with Crippen LogP contribution in [-0.2, 0) is 30.3 Å². The van der Waals surface area contributed by atoms with Crippen LogP contribution in [0.25, 0.3) is 0 Å². The first-order chi connectivity index (χ1) is 23.3. The number of aliphatic hydroxyl groups is 2. The van der Waals surface area contributed by atoms with Crippen LogP contribution in [0.1, 0.15) is 118 Å². The molecule has 276 valence electrons. The first kappa shape index (κ1) is 39.8. The van der Waals surface area contributed by atoms with Crippen molar-refractivity contribution in [1.82, 2.24) is 0 Å². The fourth-order valence-electron chi connectivity index (χ4n) is 7.61. The number of rotatable bonds is 12. The highest BCUT2D eigenvalue weighted by atomic mass is 16.8. The van der Waals surface area contributed by atoms with E-state index in [-0.39, 0.29) is 30.5 Å². The molecule has 2 N–H and O–H groups in total. The molecule has 8 heteroatoms. The van der Waals surface area contributed by atoms with E-state index in [0.717, 1.165) is 62.7 Å². The topological polar surface area (TPSA) is 95.8 Å². The van der Waals surface area contributed by atoms with E-state index in [1.165, 1.54) is 12.8 Å². The van der Waals surface area contributed by atoms with Crippen molar-refractivity contribution in [2.24, 2.45) is 17.8 Å². The van der Waals surface area contributed by atoms with Gasteiger partial charge in [-0.05, 0) is 89.8 Å². The molecule has 2 aliphatic heterocycles. The fourth-order valence-corrected chi connectivity index (χ4v) is 7.61. The van der Waals surface area contributed by atoms with Gasteiger partial charge in [0.25, 0.3) is 0 Å². The maximum Gasteiger partial charge on any atom is 0.163 e. The summed E-state index contributed by atoms with van der Waals surface area (Å²) in [5.74, 6) is 7.29. The molecule has 0 amide bonds. The Bertz CT molecular complexity index is 1220. The highest BCUT2D eigenvalue weighted by Gasteiger charge is 2.45. The van der Waals surface area contributed by atoms with Crippen LogP contribution in [0.5, 0.6) is 5.75 Å². The van der Waals surface area contributed by atoms with E-state index in [0.29, 0.717) is 24.4 Å². The van der Waals surface area contributed by atoms with Crippen LogP contribution in [-0.4, -0.2) is 71.6 Å². The number of ether oxygens (including phenoxy) is 6. The summed E-state index contributed by atoms with van der Waals surface area (Å²) in [6, 6.07) is 7.99. The molecular formula is C41H64O8. The normalized spacial score (nSPS) is 33.1. The third-order valence-corrected chi connectivity index (χ3v) is 10.2. The molecule has 10 atom stereocenters. The van der Waals surface area contributed by atoms with Gasteiger partial charge in [0.2, 0.25) is 0 Å². The van der Waals surface area contributed by atoms with E-state index < -0.39 is 23.8 Å². The maximum atomic E-state index is 10.7. The monoisotopic (exact) mass is 684 g/mol. The van der Waals surface area contributed by atoms with Crippen molar-refractivity contribution in [2.75, 3.05) is 7.11 Å². The third-order valence-electron chi connectivity index (χ3n) is 10.2. The van der Waals surface area contributed by atoms with Crippen LogP contribution in [0.3, 0.4) is 0 Å². The van der Waals surface area contributed by atoms with Crippen molar-refractivity contribution in [2.45, 2.75) is 174 Å². The minimum atomic E-state index is -0.749. The van der Waals surface area contributed by atoms with Gasteiger partial charge < -0.3 is 38.6 Å². The molecule has 4 aliphatic rings. The Morgan fingerprint density at radius 2 is 1.47 bits per heavy atom. The Kier molecular flexibility index (Phi) is 15.0. The summed E-state index contributed by atoms with van der Waals surface area (Å²) in [7, 11) is 1.67. The van der Waals surface area contributed by atoms with E-state index >= 15 is 0 Å². The first-order valence-electron chi connectivity index (χ1n) is 18.9. The van der Waals surface area contributed by atoms with Crippen LogP contribution < -0.4 is 4.74 Å². The smallest absolute Gasteiger partial charge is 0.163 e. The van der Waals surface area contributed by atoms with E-state index in [1.54, 1.807) is 7.11 Å². The van der Waals surface area contributed by atoms with E-state index in [2.05, 4.69) is 38.7 Å². The minimum Gasteiger partial charge on any atom is -0.497 e. The molecule has 6 unspecified atom stereocenters. The predicted octanol–water partition coefficient (Wildman–Crippen LogP) is 7.72. The largest absolute Gasteiger partial charge is 0.497 e. The lowest BCUT2D eigenvalue weighted by Gasteiger charge is -2.21. The standard InChI is InChI=1S/C24H36O5.C17H28O3/c1-5-7-22-23(29-24(2,3)28-22)20(25)15-12-18-8-6-9-21(18)27-16-17-10-13-19(26-4)14-11-17;1-5-7-15-16(20-17(3,4)19-15)14(18)11-10-13-9-6-8-12(13)2/h10-15,18,20-23,25H,5-9,16H2,1-4H3;12-16,18H,5-9H2,1-4H3/b15-12-;/t18-,20?,21+,22?,23?;12-,13+,14?,15?,16?/m10/s1. The van der Waals surface area contributed by atoms with Gasteiger partial charge >= 0.3 is 0 Å². The molecule has 2 heterocycles. The Morgan fingerprint density at radius 1 is 0.857 bits per heavy atom. The predicted molar refractivity (Wildman–Crippen MR) is 192 cm³/mol. The second kappa shape index (κ2) is 18.5. The van der Waals surface area contributed by atoms with Gasteiger partial charge in [0.15, 0.2) is 11.6 Å². The average molecular weight is 685 g/mol. The first-order valence-corrected chi connectivity index (χ1v) is 18.9. The Hall–Kier alpha value is -1.96. The highest BCUT2D eigenvalue weighted by molar-refractivity contribution is 5.26. The van der Waals surface area contributed by atoms with Crippen molar-refractivity contribution in [1.29, 1.82) is 0 Å². The number of hydrogen-bond acceptors (Lipinski definition) is 8. The Labute approximate surface area is 296 Å². The van der Waals surface area contributed by atoms with E-state index in [1.807, 2.05) is 58.0 Å². The second-order valence-electron chi connectivity index (χ2n) is 15.3. The summed E-state index contributed by atoms with van der Waals surface area (Å²) in [6.45, 7) is 14.7. The molecule has 49 heavy (non-hydrogen) atoms. The summed E-state index contributed by atoms with van der Waals surface area (Å²) >= 11 is 0. The quantitative estimate of drug-likeness (QED) is 0.171. The van der Waals surface area contributed by atoms with Crippen LogP contribution in [0.15, 0.2) is 36.4 Å². The number of methoxy groups -OCH3 is 1. The van der Waals surface area contributed by atoms with Gasteiger partial charge in [0, 0.05) is 11.8 Å². The zero-order valence-electron chi connectivity index (χ0n) is 31.4. The molecule has 0 spiro atoms. The van der Waals surface area contributed by atoms with Crippen molar-refractivity contribution >= 4 is 0 Å². The molecule has 2 saturated heterocycles. The van der Waals surface area contributed by atoms with Crippen molar-refractivity contribution < 1.29 is 38.6 Å². The van der Waals surface area contributed by atoms with Gasteiger partial charge in [-0.25, -0.2) is 0 Å². The lowest BCUT2D eigenvalue weighted by atomic mass is 9.97. The number of aliphatic hydroxyl groups excluding tert-OH is 2. The second-order valence-corrected chi connectivity index (χ2v) is 15.3. The lowest BCUT2D eigenvalue weighted by molar-refractivity contribution is -0.153. The summed E-state index contributed by atoms with van der Waals surface area (Å²) in [5.41, 5.74) is 1.14. The van der Waals surface area contributed by atoms with Crippen LogP contribution in [0.4, 0.5) is 0 Å². The fraction of sp³-hybridized carbons (Fsp3) is 0.756. The van der Waals surface area contributed by atoms with Crippen molar-refractivity contribution in [3.05, 3.63) is 42.0 Å². The zero-order valence-corrected chi connectivity index (χ0v) is 31.4. The molecule has 2 saturated carbocycles. The molecule has 4 fully saturated rings. The molecule has 1 aromatic rings. The van der Waals surface area contributed by atoms with Crippen molar-refractivity contribution in [3.63, 3.8) is 0 Å². The molecule has 2 aliphatic carbocycles.